The van der Waals surface area contributed by atoms with E-state index in [0.717, 1.165) is 5.56 Å². The van der Waals surface area contributed by atoms with Crippen LogP contribution in [0.25, 0.3) is 0 Å². The van der Waals surface area contributed by atoms with Crippen LogP contribution < -0.4 is 0 Å². The number of Topliss-reactive ketones (excluding diaryl/α,β-unsaturated/α-hetero) is 1. The van der Waals surface area contributed by atoms with Crippen molar-refractivity contribution in [3.8, 4) is 0 Å². The van der Waals surface area contributed by atoms with Gasteiger partial charge >= 0.3 is 0 Å². The zero-order chi connectivity index (χ0) is 13.6. The molecule has 100 valence electrons. The van der Waals surface area contributed by atoms with Crippen molar-refractivity contribution in [1.82, 2.24) is 0 Å². The van der Waals surface area contributed by atoms with Crippen molar-refractivity contribution in [2.45, 2.75) is 39.9 Å². The van der Waals surface area contributed by atoms with Crippen molar-refractivity contribution in [3.05, 3.63) is 35.9 Å². The standard InChI is InChI=1S/C15H22O3/c1-15(2,3)14(17)9-13(16)11-18-10-12-7-5-4-6-8-12/h4-8,13,16H,9-11H2,1-3H3. The molecule has 0 amide bonds. The fourth-order valence-electron chi connectivity index (χ4n) is 1.47. The zero-order valence-electron chi connectivity index (χ0n) is 11.3. The number of carbonyl (C=O) groups is 1. The first-order valence-corrected chi connectivity index (χ1v) is 6.22. The lowest BCUT2D eigenvalue weighted by Gasteiger charge is -2.19. The molecule has 0 aliphatic heterocycles. The molecule has 1 aromatic rings. The lowest BCUT2D eigenvalue weighted by Crippen LogP contribution is -2.27. The van der Waals surface area contributed by atoms with E-state index in [1.165, 1.54) is 0 Å². The number of carbonyl (C=O) groups excluding carboxylic acids is 1. The van der Waals surface area contributed by atoms with Crippen molar-refractivity contribution in [3.63, 3.8) is 0 Å². The van der Waals surface area contributed by atoms with Crippen LogP contribution in [-0.4, -0.2) is 23.6 Å². The molecule has 3 nitrogen and oxygen atoms in total. The third-order valence-corrected chi connectivity index (χ3v) is 2.68. The molecule has 18 heavy (non-hydrogen) atoms. The maximum Gasteiger partial charge on any atom is 0.140 e. The van der Waals surface area contributed by atoms with Gasteiger partial charge in [-0.3, -0.25) is 4.79 Å². The first-order valence-electron chi connectivity index (χ1n) is 6.22. The first kappa shape index (κ1) is 14.9. The number of ether oxygens (including phenoxy) is 1. The quantitative estimate of drug-likeness (QED) is 0.844. The van der Waals surface area contributed by atoms with Crippen LogP contribution in [0.3, 0.4) is 0 Å². The van der Waals surface area contributed by atoms with Gasteiger partial charge in [0.1, 0.15) is 5.78 Å². The molecule has 0 bridgehead atoms. The Labute approximate surface area is 109 Å². The molecule has 0 spiro atoms. The van der Waals surface area contributed by atoms with E-state index in [1.54, 1.807) is 0 Å². The summed E-state index contributed by atoms with van der Waals surface area (Å²) in [7, 11) is 0. The Bertz CT molecular complexity index is 365. The van der Waals surface area contributed by atoms with Crippen LogP contribution in [0.4, 0.5) is 0 Å². The minimum Gasteiger partial charge on any atom is -0.390 e. The SMILES string of the molecule is CC(C)(C)C(=O)CC(O)COCc1ccccc1. The number of aliphatic hydroxyl groups is 1. The van der Waals surface area contributed by atoms with Gasteiger partial charge in [-0.25, -0.2) is 0 Å². The maximum atomic E-state index is 11.7. The summed E-state index contributed by atoms with van der Waals surface area (Å²) in [5, 5.41) is 9.72. The summed E-state index contributed by atoms with van der Waals surface area (Å²) in [5.74, 6) is 0.0540. The molecular formula is C15H22O3. The molecule has 1 atom stereocenters. The monoisotopic (exact) mass is 250 g/mol. The number of hydrogen-bond donors (Lipinski definition) is 1. The fourth-order valence-corrected chi connectivity index (χ4v) is 1.47. The largest absolute Gasteiger partial charge is 0.390 e. The Balaban J connectivity index is 2.26. The summed E-state index contributed by atoms with van der Waals surface area (Å²) >= 11 is 0. The molecular weight excluding hydrogens is 228 g/mol. The van der Waals surface area contributed by atoms with Crippen molar-refractivity contribution in [1.29, 1.82) is 0 Å². The number of ketones is 1. The topological polar surface area (TPSA) is 46.5 Å². The molecule has 0 aromatic heterocycles. The molecule has 0 saturated heterocycles. The van der Waals surface area contributed by atoms with Crippen LogP contribution in [0.15, 0.2) is 30.3 Å². The summed E-state index contributed by atoms with van der Waals surface area (Å²) in [4.78, 5) is 11.7. The number of benzene rings is 1. The highest BCUT2D eigenvalue weighted by Gasteiger charge is 2.23. The van der Waals surface area contributed by atoms with Crippen molar-refractivity contribution in [2.24, 2.45) is 5.41 Å². The minimum atomic E-state index is -0.722. The second kappa shape index (κ2) is 6.66. The summed E-state index contributed by atoms with van der Waals surface area (Å²) < 4.78 is 5.39. The van der Waals surface area contributed by atoms with E-state index >= 15 is 0 Å². The van der Waals surface area contributed by atoms with Gasteiger partial charge in [-0.05, 0) is 5.56 Å². The highest BCUT2D eigenvalue weighted by atomic mass is 16.5. The number of aliphatic hydroxyl groups excluding tert-OH is 1. The van der Waals surface area contributed by atoms with Crippen LogP contribution in [-0.2, 0) is 16.1 Å². The van der Waals surface area contributed by atoms with E-state index in [2.05, 4.69) is 0 Å². The molecule has 0 aliphatic carbocycles. The molecule has 1 unspecified atom stereocenters. The Morgan fingerprint density at radius 3 is 2.44 bits per heavy atom. The van der Waals surface area contributed by atoms with Gasteiger partial charge in [0, 0.05) is 11.8 Å². The van der Waals surface area contributed by atoms with Crippen LogP contribution in [0, 0.1) is 5.41 Å². The van der Waals surface area contributed by atoms with E-state index in [1.807, 2.05) is 51.1 Å². The molecule has 0 heterocycles. The van der Waals surface area contributed by atoms with E-state index in [0.29, 0.717) is 6.61 Å². The Hall–Kier alpha value is -1.19. The van der Waals surface area contributed by atoms with Crippen molar-refractivity contribution < 1.29 is 14.6 Å². The maximum absolute atomic E-state index is 11.7. The van der Waals surface area contributed by atoms with Crippen molar-refractivity contribution in [2.75, 3.05) is 6.61 Å². The minimum absolute atomic E-state index is 0.0540. The number of hydrogen-bond acceptors (Lipinski definition) is 3. The lowest BCUT2D eigenvalue weighted by molar-refractivity contribution is -0.129. The molecule has 1 aromatic carbocycles. The normalized spacial score (nSPS) is 13.3. The van der Waals surface area contributed by atoms with Gasteiger partial charge in [0.05, 0.1) is 19.3 Å². The first-order chi connectivity index (χ1) is 8.39. The molecule has 1 rings (SSSR count). The lowest BCUT2D eigenvalue weighted by atomic mass is 9.88. The van der Waals surface area contributed by atoms with E-state index in [9.17, 15) is 9.90 Å². The summed E-state index contributed by atoms with van der Waals surface area (Å²) in [6.07, 6.45) is -0.571. The van der Waals surface area contributed by atoms with Gasteiger partial charge in [0.25, 0.3) is 0 Å². The van der Waals surface area contributed by atoms with Crippen LogP contribution in [0.2, 0.25) is 0 Å². The van der Waals surface area contributed by atoms with E-state index < -0.39 is 11.5 Å². The van der Waals surface area contributed by atoms with Gasteiger partial charge in [-0.2, -0.15) is 0 Å². The molecule has 0 saturated carbocycles. The molecule has 0 aliphatic rings. The molecule has 0 fully saturated rings. The fraction of sp³-hybridized carbons (Fsp3) is 0.533. The smallest absolute Gasteiger partial charge is 0.140 e. The highest BCUT2D eigenvalue weighted by molar-refractivity contribution is 5.84. The van der Waals surface area contributed by atoms with E-state index in [4.69, 9.17) is 4.74 Å². The van der Waals surface area contributed by atoms with Crippen LogP contribution in [0.5, 0.6) is 0 Å². The van der Waals surface area contributed by atoms with Gasteiger partial charge in [0.2, 0.25) is 0 Å². The second-order valence-electron chi connectivity index (χ2n) is 5.53. The van der Waals surface area contributed by atoms with Crippen LogP contribution >= 0.6 is 0 Å². The highest BCUT2D eigenvalue weighted by Crippen LogP contribution is 2.17. The van der Waals surface area contributed by atoms with Crippen LogP contribution in [0.1, 0.15) is 32.8 Å². The van der Waals surface area contributed by atoms with Gasteiger partial charge in [-0.15, -0.1) is 0 Å². The predicted molar refractivity (Wildman–Crippen MR) is 71.2 cm³/mol. The third kappa shape index (κ3) is 5.43. The third-order valence-electron chi connectivity index (χ3n) is 2.68. The molecule has 1 N–H and O–H groups in total. The average molecular weight is 250 g/mol. The Morgan fingerprint density at radius 2 is 1.89 bits per heavy atom. The average Bonchev–Trinajstić information content (AvgIpc) is 2.29. The van der Waals surface area contributed by atoms with Gasteiger partial charge in [0.15, 0.2) is 0 Å². The summed E-state index contributed by atoms with van der Waals surface area (Å²) in [5.41, 5.74) is 0.660. The Morgan fingerprint density at radius 1 is 1.28 bits per heavy atom. The van der Waals surface area contributed by atoms with Crippen molar-refractivity contribution >= 4 is 5.78 Å². The second-order valence-corrected chi connectivity index (χ2v) is 5.53. The van der Waals surface area contributed by atoms with Gasteiger partial charge in [-0.1, -0.05) is 51.1 Å². The van der Waals surface area contributed by atoms with E-state index in [-0.39, 0.29) is 18.8 Å². The zero-order valence-corrected chi connectivity index (χ0v) is 11.3. The summed E-state index contributed by atoms with van der Waals surface area (Å²) in [6.45, 7) is 6.21. The van der Waals surface area contributed by atoms with Gasteiger partial charge < -0.3 is 9.84 Å². The number of rotatable bonds is 6. The molecule has 3 heteroatoms. The Kier molecular flexibility index (Phi) is 5.51. The predicted octanol–water partition coefficient (Wildman–Crippen LogP) is 2.57. The molecule has 0 radical (unpaired) electrons. The summed E-state index contributed by atoms with van der Waals surface area (Å²) in [6, 6.07) is 9.76.